The molecule has 0 radical (unpaired) electrons. The summed E-state index contributed by atoms with van der Waals surface area (Å²) in [5.74, 6) is -0.0117. The molecule has 1 saturated carbocycles. The molecule has 0 aromatic heterocycles. The number of rotatable bonds is 7. The van der Waals surface area contributed by atoms with Crippen LogP contribution in [0.1, 0.15) is 37.3 Å². The van der Waals surface area contributed by atoms with Crippen LogP contribution in [0.3, 0.4) is 0 Å². The van der Waals surface area contributed by atoms with E-state index in [9.17, 15) is 13.2 Å². The molecule has 25 heavy (non-hydrogen) atoms. The van der Waals surface area contributed by atoms with Crippen LogP contribution in [0.2, 0.25) is 0 Å². The zero-order valence-corrected chi connectivity index (χ0v) is 15.5. The van der Waals surface area contributed by atoms with Gasteiger partial charge in [-0.3, -0.25) is 4.79 Å². The Hall–Kier alpha value is -1.44. The molecule has 1 aliphatic heterocycles. The van der Waals surface area contributed by atoms with Crippen LogP contribution >= 0.6 is 0 Å². The second kappa shape index (κ2) is 7.43. The number of ether oxygens (including phenoxy) is 1. The Morgan fingerprint density at radius 2 is 1.84 bits per heavy atom. The molecule has 2 fully saturated rings. The van der Waals surface area contributed by atoms with Crippen molar-refractivity contribution in [1.29, 1.82) is 0 Å². The zero-order chi connectivity index (χ0) is 17.9. The minimum atomic E-state index is -3.38. The first-order chi connectivity index (χ1) is 11.9. The number of nitrogens with zero attached hydrogens (tertiary/aromatic N) is 1. The predicted octanol–water partition coefficient (Wildman–Crippen LogP) is 1.65. The third-order valence-corrected chi connectivity index (χ3v) is 6.81. The number of nitrogens with one attached hydrogen (secondary N) is 1. The van der Waals surface area contributed by atoms with Gasteiger partial charge in [0.25, 0.3) is 0 Å². The van der Waals surface area contributed by atoms with Gasteiger partial charge >= 0.3 is 0 Å². The highest BCUT2D eigenvalue weighted by Crippen LogP contribution is 2.47. The summed E-state index contributed by atoms with van der Waals surface area (Å²) in [6.45, 7) is 4.17. The maximum atomic E-state index is 12.6. The molecular formula is C18H26N2O4S. The largest absolute Gasteiger partial charge is 0.379 e. The highest BCUT2D eigenvalue weighted by Gasteiger charge is 2.39. The lowest BCUT2D eigenvalue weighted by Gasteiger charge is -2.26. The summed E-state index contributed by atoms with van der Waals surface area (Å²) < 4.78 is 32.0. The van der Waals surface area contributed by atoms with Gasteiger partial charge in [-0.2, -0.15) is 4.31 Å². The van der Waals surface area contributed by atoms with E-state index in [2.05, 4.69) is 12.2 Å². The van der Waals surface area contributed by atoms with Gasteiger partial charge in [0, 0.05) is 26.1 Å². The summed E-state index contributed by atoms with van der Waals surface area (Å²) in [6, 6.07) is 7.40. The van der Waals surface area contributed by atoms with Crippen molar-refractivity contribution in [1.82, 2.24) is 9.62 Å². The number of carbonyl (C=O) groups excluding carboxylic acids is 1. The molecule has 6 nitrogen and oxygen atoms in total. The van der Waals surface area contributed by atoms with Crippen LogP contribution in [-0.2, 0) is 31.9 Å². The van der Waals surface area contributed by atoms with E-state index in [-0.39, 0.29) is 17.1 Å². The molecule has 0 atom stereocenters. The Morgan fingerprint density at radius 3 is 2.48 bits per heavy atom. The average molecular weight is 366 g/mol. The van der Waals surface area contributed by atoms with Crippen LogP contribution in [0.4, 0.5) is 0 Å². The topological polar surface area (TPSA) is 75.7 Å². The molecule has 0 bridgehead atoms. The molecule has 1 heterocycles. The summed E-state index contributed by atoms with van der Waals surface area (Å²) in [5, 5.41) is 2.93. The standard InChI is InChI=1S/C18H26N2O4S/c1-18(6-7-18)12-17(21)19-13-15-4-2-3-5-16(15)14-25(22,23)20-8-10-24-11-9-20/h2-5H,6-14H2,1H3,(H,19,21). The van der Waals surface area contributed by atoms with Crippen molar-refractivity contribution in [2.45, 2.75) is 38.5 Å². The van der Waals surface area contributed by atoms with E-state index in [1.165, 1.54) is 4.31 Å². The smallest absolute Gasteiger partial charge is 0.220 e. The van der Waals surface area contributed by atoms with Gasteiger partial charge in [-0.25, -0.2) is 8.42 Å². The molecule has 1 aliphatic carbocycles. The van der Waals surface area contributed by atoms with E-state index in [0.717, 1.165) is 24.0 Å². The number of hydrogen-bond donors (Lipinski definition) is 1. The van der Waals surface area contributed by atoms with Gasteiger partial charge in [-0.15, -0.1) is 0 Å². The molecule has 2 aliphatic rings. The molecule has 1 amide bonds. The third kappa shape index (κ3) is 5.03. The Labute approximate surface area is 149 Å². The second-order valence-corrected chi connectivity index (χ2v) is 9.27. The molecule has 1 N–H and O–H groups in total. The van der Waals surface area contributed by atoms with Crippen molar-refractivity contribution >= 4 is 15.9 Å². The number of amides is 1. The lowest BCUT2D eigenvalue weighted by molar-refractivity contribution is -0.122. The lowest BCUT2D eigenvalue weighted by atomic mass is 10.0. The molecule has 1 aromatic carbocycles. The van der Waals surface area contributed by atoms with Crippen LogP contribution in [0.15, 0.2) is 24.3 Å². The highest BCUT2D eigenvalue weighted by molar-refractivity contribution is 7.88. The number of hydrogen-bond acceptors (Lipinski definition) is 4. The van der Waals surface area contributed by atoms with Crippen molar-refractivity contribution < 1.29 is 17.9 Å². The first kappa shape index (κ1) is 18.4. The van der Waals surface area contributed by atoms with Crippen LogP contribution in [0.25, 0.3) is 0 Å². The lowest BCUT2D eigenvalue weighted by Crippen LogP contribution is -2.41. The summed E-state index contributed by atoms with van der Waals surface area (Å²) in [6.07, 6.45) is 2.75. The first-order valence-electron chi connectivity index (χ1n) is 8.77. The maximum Gasteiger partial charge on any atom is 0.220 e. The van der Waals surface area contributed by atoms with E-state index >= 15 is 0 Å². The van der Waals surface area contributed by atoms with Gasteiger partial charge in [0.15, 0.2) is 0 Å². The Bertz CT molecular complexity index is 722. The zero-order valence-electron chi connectivity index (χ0n) is 14.7. The number of morpholine rings is 1. The molecule has 7 heteroatoms. The quantitative estimate of drug-likeness (QED) is 0.796. The van der Waals surface area contributed by atoms with Gasteiger partial charge in [0.2, 0.25) is 15.9 Å². The summed E-state index contributed by atoms with van der Waals surface area (Å²) >= 11 is 0. The highest BCUT2D eigenvalue weighted by atomic mass is 32.2. The van der Waals surface area contributed by atoms with Crippen LogP contribution < -0.4 is 5.32 Å². The Balaban J connectivity index is 1.63. The molecule has 3 rings (SSSR count). The molecule has 0 unspecified atom stereocenters. The second-order valence-electron chi connectivity index (χ2n) is 7.30. The van der Waals surface area contributed by atoms with Gasteiger partial charge in [-0.1, -0.05) is 31.2 Å². The normalized spacial score (nSPS) is 20.2. The summed E-state index contributed by atoms with van der Waals surface area (Å²) in [4.78, 5) is 12.1. The molecular weight excluding hydrogens is 340 g/mol. The monoisotopic (exact) mass is 366 g/mol. The summed E-state index contributed by atoms with van der Waals surface area (Å²) in [7, 11) is -3.38. The fourth-order valence-corrected chi connectivity index (χ4v) is 4.58. The van der Waals surface area contributed by atoms with Crippen molar-refractivity contribution in [2.75, 3.05) is 26.3 Å². The minimum absolute atomic E-state index is 0.0332. The fraction of sp³-hybridized carbons (Fsp3) is 0.611. The van der Waals surface area contributed by atoms with Gasteiger partial charge in [-0.05, 0) is 29.4 Å². The average Bonchev–Trinajstić information content (AvgIpc) is 3.31. The van der Waals surface area contributed by atoms with Crippen LogP contribution in [0.5, 0.6) is 0 Å². The molecule has 1 saturated heterocycles. The van der Waals surface area contributed by atoms with Gasteiger partial charge in [0.1, 0.15) is 0 Å². The van der Waals surface area contributed by atoms with Crippen molar-refractivity contribution in [3.05, 3.63) is 35.4 Å². The van der Waals surface area contributed by atoms with E-state index in [1.54, 1.807) is 0 Å². The predicted molar refractivity (Wildman–Crippen MR) is 95.3 cm³/mol. The molecule has 1 aromatic rings. The van der Waals surface area contributed by atoms with E-state index in [0.29, 0.717) is 39.3 Å². The van der Waals surface area contributed by atoms with E-state index in [1.807, 2.05) is 24.3 Å². The maximum absolute atomic E-state index is 12.6. The number of sulfonamides is 1. The third-order valence-electron chi connectivity index (χ3n) is 4.99. The fourth-order valence-electron chi connectivity index (χ4n) is 3.02. The summed E-state index contributed by atoms with van der Waals surface area (Å²) in [5.41, 5.74) is 1.77. The number of carbonyl (C=O) groups is 1. The van der Waals surface area contributed by atoms with Crippen molar-refractivity contribution in [3.8, 4) is 0 Å². The van der Waals surface area contributed by atoms with Gasteiger partial charge in [0.05, 0.1) is 19.0 Å². The minimum Gasteiger partial charge on any atom is -0.379 e. The molecule has 138 valence electrons. The van der Waals surface area contributed by atoms with Crippen LogP contribution in [0, 0.1) is 5.41 Å². The SMILES string of the molecule is CC1(CC(=O)NCc2ccccc2CS(=O)(=O)N2CCOCC2)CC1. The molecule has 0 spiro atoms. The first-order valence-corrected chi connectivity index (χ1v) is 10.4. The van der Waals surface area contributed by atoms with E-state index in [4.69, 9.17) is 4.74 Å². The van der Waals surface area contributed by atoms with Crippen molar-refractivity contribution in [3.63, 3.8) is 0 Å². The van der Waals surface area contributed by atoms with Crippen LogP contribution in [-0.4, -0.2) is 44.9 Å². The Morgan fingerprint density at radius 1 is 1.20 bits per heavy atom. The van der Waals surface area contributed by atoms with Gasteiger partial charge < -0.3 is 10.1 Å². The Kier molecular flexibility index (Phi) is 5.46. The van der Waals surface area contributed by atoms with E-state index < -0.39 is 10.0 Å². The van der Waals surface area contributed by atoms with Crippen molar-refractivity contribution in [2.24, 2.45) is 5.41 Å². The number of benzene rings is 1.